The molecule has 0 aliphatic heterocycles. The number of hydrogen-bond acceptors (Lipinski definition) is 4. The van der Waals surface area contributed by atoms with Crippen LogP contribution in [0.4, 0.5) is 0 Å². The van der Waals surface area contributed by atoms with Gasteiger partial charge in [0.25, 0.3) is 0 Å². The van der Waals surface area contributed by atoms with Crippen LogP contribution in [0.25, 0.3) is 0 Å². The lowest BCUT2D eigenvalue weighted by atomic mass is 10.1. The van der Waals surface area contributed by atoms with Gasteiger partial charge in [0, 0.05) is 24.5 Å². The molecule has 0 fully saturated rings. The molecule has 3 N–H and O–H groups in total. The lowest BCUT2D eigenvalue weighted by molar-refractivity contribution is 0.509. The second-order valence-corrected chi connectivity index (χ2v) is 7.12. The summed E-state index contributed by atoms with van der Waals surface area (Å²) in [4.78, 5) is 4.48. The van der Waals surface area contributed by atoms with Gasteiger partial charge in [-0.3, -0.25) is 0 Å². The molecular weight excluding hydrogens is 300 g/mol. The van der Waals surface area contributed by atoms with Crippen molar-refractivity contribution in [3.63, 3.8) is 0 Å². The van der Waals surface area contributed by atoms with E-state index in [-0.39, 0.29) is 10.9 Å². The van der Waals surface area contributed by atoms with Crippen LogP contribution >= 0.6 is 0 Å². The van der Waals surface area contributed by atoms with Crippen LogP contribution in [0.2, 0.25) is 0 Å². The first-order valence-corrected chi connectivity index (χ1v) is 8.71. The van der Waals surface area contributed by atoms with Crippen molar-refractivity contribution >= 4 is 10.0 Å². The third kappa shape index (κ3) is 3.94. The first-order chi connectivity index (χ1) is 10.3. The Labute approximate surface area is 131 Å². The van der Waals surface area contributed by atoms with Gasteiger partial charge in [0.15, 0.2) is 0 Å². The van der Waals surface area contributed by atoms with Crippen molar-refractivity contribution in [1.29, 1.82) is 0 Å². The van der Waals surface area contributed by atoms with E-state index in [0.29, 0.717) is 12.6 Å². The Hall–Kier alpha value is -1.70. The van der Waals surface area contributed by atoms with Crippen molar-refractivity contribution in [2.75, 3.05) is 0 Å². The summed E-state index contributed by atoms with van der Waals surface area (Å²) in [5.41, 5.74) is 0.995. The van der Waals surface area contributed by atoms with Crippen molar-refractivity contribution in [1.82, 2.24) is 14.9 Å². The highest BCUT2D eigenvalue weighted by Crippen LogP contribution is 2.16. The molecule has 1 heterocycles. The van der Waals surface area contributed by atoms with E-state index in [2.05, 4.69) is 28.7 Å². The molecule has 1 aromatic carbocycles. The summed E-state index contributed by atoms with van der Waals surface area (Å²) in [5.74, 6) is 0.975. The molecule has 120 valence electrons. The Morgan fingerprint density at radius 1 is 1.23 bits per heavy atom. The molecule has 0 spiro atoms. The molecule has 0 aliphatic rings. The van der Waals surface area contributed by atoms with Gasteiger partial charge in [0.05, 0.1) is 11.4 Å². The number of nitrogens with one attached hydrogen (secondary N) is 1. The van der Waals surface area contributed by atoms with E-state index >= 15 is 0 Å². The smallest absolute Gasteiger partial charge is 0.238 e. The second kappa shape index (κ2) is 6.60. The van der Waals surface area contributed by atoms with Crippen molar-refractivity contribution in [2.24, 2.45) is 5.14 Å². The van der Waals surface area contributed by atoms with E-state index in [1.54, 1.807) is 18.3 Å². The van der Waals surface area contributed by atoms with Crippen LogP contribution in [0.5, 0.6) is 0 Å². The second-order valence-electron chi connectivity index (χ2n) is 5.56. The number of nitrogens with two attached hydrogens (primary N) is 1. The molecule has 0 radical (unpaired) electrons. The topological polar surface area (TPSA) is 90.0 Å². The molecule has 0 bridgehead atoms. The lowest BCUT2D eigenvalue weighted by Gasteiger charge is -2.16. The molecule has 0 amide bonds. The van der Waals surface area contributed by atoms with Gasteiger partial charge in [-0.25, -0.2) is 18.5 Å². The minimum absolute atomic E-state index is 0.0758. The largest absolute Gasteiger partial charge is 0.331 e. The first-order valence-electron chi connectivity index (χ1n) is 7.17. The number of benzene rings is 1. The van der Waals surface area contributed by atoms with Crippen molar-refractivity contribution in [3.05, 3.63) is 48.0 Å². The minimum atomic E-state index is -3.64. The van der Waals surface area contributed by atoms with Crippen molar-refractivity contribution in [3.8, 4) is 0 Å². The Bertz CT molecular complexity index is 720. The maximum atomic E-state index is 11.2. The summed E-state index contributed by atoms with van der Waals surface area (Å²) >= 11 is 0. The summed E-state index contributed by atoms with van der Waals surface area (Å²) in [7, 11) is -3.64. The van der Waals surface area contributed by atoms with E-state index in [1.807, 2.05) is 13.1 Å². The van der Waals surface area contributed by atoms with Crippen molar-refractivity contribution in [2.45, 2.75) is 44.3 Å². The fourth-order valence-corrected chi connectivity index (χ4v) is 2.77. The number of primary sulfonamides is 1. The van der Waals surface area contributed by atoms with E-state index < -0.39 is 10.0 Å². The molecule has 22 heavy (non-hydrogen) atoms. The van der Waals surface area contributed by atoms with Gasteiger partial charge in [-0.15, -0.1) is 0 Å². The minimum Gasteiger partial charge on any atom is -0.331 e. The predicted octanol–water partition coefficient (Wildman–Crippen LogP) is 1.96. The number of imidazole rings is 1. The monoisotopic (exact) mass is 322 g/mol. The molecule has 2 aromatic rings. The average Bonchev–Trinajstić information content (AvgIpc) is 2.92. The van der Waals surface area contributed by atoms with Gasteiger partial charge in [-0.05, 0) is 38.5 Å². The number of nitrogens with zero attached hydrogens (tertiary/aromatic N) is 2. The number of rotatable bonds is 6. The van der Waals surface area contributed by atoms with Gasteiger partial charge < -0.3 is 9.88 Å². The quantitative estimate of drug-likeness (QED) is 0.850. The van der Waals surface area contributed by atoms with Gasteiger partial charge in [-0.2, -0.15) is 0 Å². The highest BCUT2D eigenvalue weighted by molar-refractivity contribution is 7.89. The summed E-state index contributed by atoms with van der Waals surface area (Å²) in [6.07, 6.45) is 3.76. The summed E-state index contributed by atoms with van der Waals surface area (Å²) in [6, 6.07) is 7.03. The molecule has 6 nitrogen and oxygen atoms in total. The molecule has 0 saturated heterocycles. The highest BCUT2D eigenvalue weighted by Gasteiger charge is 2.11. The Balaban J connectivity index is 2.03. The molecule has 2 rings (SSSR count). The molecule has 0 saturated carbocycles. The highest BCUT2D eigenvalue weighted by atomic mass is 32.2. The average molecular weight is 322 g/mol. The fraction of sp³-hybridized carbons (Fsp3) is 0.400. The normalized spacial score (nSPS) is 13.5. The van der Waals surface area contributed by atoms with Crippen LogP contribution in [0.3, 0.4) is 0 Å². The van der Waals surface area contributed by atoms with Crippen LogP contribution in [0.15, 0.2) is 41.6 Å². The number of hydrogen-bond donors (Lipinski definition) is 2. The molecule has 1 atom stereocenters. The van der Waals surface area contributed by atoms with E-state index in [0.717, 1.165) is 11.4 Å². The lowest BCUT2D eigenvalue weighted by Crippen LogP contribution is -2.21. The van der Waals surface area contributed by atoms with Gasteiger partial charge in [0.2, 0.25) is 10.0 Å². The van der Waals surface area contributed by atoms with Crippen LogP contribution in [-0.4, -0.2) is 18.0 Å². The zero-order valence-electron chi connectivity index (χ0n) is 13.0. The van der Waals surface area contributed by atoms with Gasteiger partial charge >= 0.3 is 0 Å². The third-order valence-electron chi connectivity index (χ3n) is 3.58. The number of sulfonamides is 1. The third-order valence-corrected chi connectivity index (χ3v) is 4.51. The van der Waals surface area contributed by atoms with E-state index in [1.165, 1.54) is 12.1 Å². The molecule has 1 aromatic heterocycles. The van der Waals surface area contributed by atoms with Crippen LogP contribution in [-0.2, 0) is 16.6 Å². The van der Waals surface area contributed by atoms with Gasteiger partial charge in [0.1, 0.15) is 5.82 Å². The Morgan fingerprint density at radius 2 is 1.86 bits per heavy atom. The zero-order valence-corrected chi connectivity index (χ0v) is 13.8. The van der Waals surface area contributed by atoms with E-state index in [9.17, 15) is 8.42 Å². The predicted molar refractivity (Wildman–Crippen MR) is 85.7 cm³/mol. The van der Waals surface area contributed by atoms with Crippen molar-refractivity contribution < 1.29 is 8.42 Å². The van der Waals surface area contributed by atoms with E-state index in [4.69, 9.17) is 5.14 Å². The maximum Gasteiger partial charge on any atom is 0.238 e. The zero-order chi connectivity index (χ0) is 16.3. The maximum absolute atomic E-state index is 11.2. The molecule has 7 heteroatoms. The van der Waals surface area contributed by atoms with Crippen LogP contribution < -0.4 is 10.5 Å². The summed E-state index contributed by atoms with van der Waals surface area (Å²) < 4.78 is 24.6. The van der Waals surface area contributed by atoms with Crippen LogP contribution in [0.1, 0.15) is 44.2 Å². The molecular formula is C15H22N4O2S. The molecule has 1 unspecified atom stereocenters. The number of aromatic nitrogens is 2. The Kier molecular flexibility index (Phi) is 5.00. The van der Waals surface area contributed by atoms with Crippen LogP contribution in [0, 0.1) is 0 Å². The SMILES string of the molecule is CC(NCc1nccn1C(C)C)c1ccc(S(N)(=O)=O)cc1. The molecule has 0 aliphatic carbocycles. The first kappa shape index (κ1) is 16.7. The summed E-state index contributed by atoms with van der Waals surface area (Å²) in [5, 5.41) is 8.49. The van der Waals surface area contributed by atoms with Gasteiger partial charge in [-0.1, -0.05) is 12.1 Å². The standard InChI is InChI=1S/C15H22N4O2S/c1-11(2)19-9-8-17-15(19)10-18-12(3)13-4-6-14(7-5-13)22(16,20)21/h4-9,11-12,18H,10H2,1-3H3,(H2,16,20,21). The Morgan fingerprint density at radius 3 is 2.41 bits per heavy atom. The summed E-state index contributed by atoms with van der Waals surface area (Å²) in [6.45, 7) is 6.89. The fourth-order valence-electron chi connectivity index (χ4n) is 2.26.